The summed E-state index contributed by atoms with van der Waals surface area (Å²) in [5.41, 5.74) is 2.09. The van der Waals surface area contributed by atoms with Crippen molar-refractivity contribution in [2.75, 3.05) is 33.3 Å². The molecule has 0 spiro atoms. The molecule has 132 valence electrons. The first-order valence-corrected chi connectivity index (χ1v) is 9.40. The molecule has 0 aliphatic carbocycles. The molecule has 3 rings (SSSR count). The first-order valence-electron chi connectivity index (χ1n) is 8.52. The van der Waals surface area contributed by atoms with Gasteiger partial charge in [-0.05, 0) is 36.6 Å². The number of hydrogen-bond acceptors (Lipinski definition) is 4. The second kappa shape index (κ2) is 8.32. The minimum absolute atomic E-state index is 0.0688. The Labute approximate surface area is 153 Å². The van der Waals surface area contributed by atoms with Crippen LogP contribution in [0.3, 0.4) is 0 Å². The number of piperazine rings is 1. The average molecular weight is 356 g/mol. The smallest absolute Gasteiger partial charge is 0.246 e. The highest BCUT2D eigenvalue weighted by molar-refractivity contribution is 7.09. The fourth-order valence-electron chi connectivity index (χ4n) is 3.00. The summed E-state index contributed by atoms with van der Waals surface area (Å²) in [6, 6.07) is 10.2. The monoisotopic (exact) mass is 356 g/mol. The number of amides is 1. The molecular weight excluding hydrogens is 332 g/mol. The van der Waals surface area contributed by atoms with E-state index in [4.69, 9.17) is 4.74 Å². The highest BCUT2D eigenvalue weighted by atomic mass is 32.1. The van der Waals surface area contributed by atoms with Gasteiger partial charge in [-0.2, -0.15) is 0 Å². The van der Waals surface area contributed by atoms with Crippen LogP contribution in [0.4, 0.5) is 0 Å². The summed E-state index contributed by atoms with van der Waals surface area (Å²) in [7, 11) is 1.65. The van der Waals surface area contributed by atoms with Gasteiger partial charge >= 0.3 is 0 Å². The van der Waals surface area contributed by atoms with E-state index in [-0.39, 0.29) is 5.91 Å². The SMILES string of the molecule is COc1ccc(C)cc1/C=C/C(=O)N1CCN(Cc2cccs2)CC1. The van der Waals surface area contributed by atoms with Crippen molar-refractivity contribution in [1.82, 2.24) is 9.80 Å². The van der Waals surface area contributed by atoms with Crippen molar-refractivity contribution >= 4 is 23.3 Å². The Bertz CT molecular complexity index is 732. The quantitative estimate of drug-likeness (QED) is 0.770. The van der Waals surface area contributed by atoms with Crippen LogP contribution >= 0.6 is 11.3 Å². The highest BCUT2D eigenvalue weighted by Gasteiger charge is 2.19. The van der Waals surface area contributed by atoms with Crippen LogP contribution in [-0.2, 0) is 11.3 Å². The van der Waals surface area contributed by atoms with Crippen molar-refractivity contribution in [2.24, 2.45) is 0 Å². The van der Waals surface area contributed by atoms with E-state index in [1.54, 1.807) is 24.5 Å². The molecule has 1 aromatic heterocycles. The number of hydrogen-bond donors (Lipinski definition) is 0. The first kappa shape index (κ1) is 17.7. The minimum Gasteiger partial charge on any atom is -0.496 e. The number of thiophene rings is 1. The Morgan fingerprint density at radius 1 is 1.24 bits per heavy atom. The molecule has 1 fully saturated rings. The number of aryl methyl sites for hydroxylation is 1. The van der Waals surface area contributed by atoms with Gasteiger partial charge in [0.05, 0.1) is 7.11 Å². The van der Waals surface area contributed by atoms with E-state index in [1.165, 1.54) is 4.88 Å². The summed E-state index contributed by atoms with van der Waals surface area (Å²) in [5, 5.41) is 2.11. The zero-order chi connectivity index (χ0) is 17.6. The van der Waals surface area contributed by atoms with Crippen LogP contribution < -0.4 is 4.74 Å². The van der Waals surface area contributed by atoms with Crippen molar-refractivity contribution < 1.29 is 9.53 Å². The van der Waals surface area contributed by atoms with E-state index in [2.05, 4.69) is 22.4 Å². The molecule has 0 bridgehead atoms. The number of nitrogens with zero attached hydrogens (tertiary/aromatic N) is 2. The Morgan fingerprint density at radius 2 is 2.04 bits per heavy atom. The van der Waals surface area contributed by atoms with Crippen LogP contribution in [0, 0.1) is 6.92 Å². The third kappa shape index (κ3) is 4.71. The van der Waals surface area contributed by atoms with Crippen molar-refractivity contribution in [3.05, 3.63) is 57.8 Å². The predicted octanol–water partition coefficient (Wildman–Crippen LogP) is 3.42. The van der Waals surface area contributed by atoms with Crippen molar-refractivity contribution in [1.29, 1.82) is 0 Å². The van der Waals surface area contributed by atoms with Crippen LogP contribution in [0.2, 0.25) is 0 Å². The zero-order valence-electron chi connectivity index (χ0n) is 14.8. The molecule has 4 nitrogen and oxygen atoms in total. The Kier molecular flexibility index (Phi) is 5.89. The number of benzene rings is 1. The Balaban J connectivity index is 1.55. The maximum absolute atomic E-state index is 12.5. The highest BCUT2D eigenvalue weighted by Crippen LogP contribution is 2.21. The standard InChI is InChI=1S/C20H24N2O2S/c1-16-5-7-19(24-2)17(14-16)6-8-20(23)22-11-9-21(10-12-22)15-18-4-3-13-25-18/h3-8,13-14H,9-12,15H2,1-2H3/b8-6+. The number of carbonyl (C=O) groups is 1. The van der Waals surface area contributed by atoms with Crippen LogP contribution in [0.1, 0.15) is 16.0 Å². The van der Waals surface area contributed by atoms with Gasteiger partial charge in [-0.15, -0.1) is 11.3 Å². The average Bonchev–Trinajstić information content (AvgIpc) is 3.13. The molecule has 1 aromatic carbocycles. The summed E-state index contributed by atoms with van der Waals surface area (Å²) in [6.45, 7) is 6.41. The molecule has 1 aliphatic rings. The van der Waals surface area contributed by atoms with Crippen LogP contribution in [0.5, 0.6) is 5.75 Å². The predicted molar refractivity (Wildman–Crippen MR) is 103 cm³/mol. The lowest BCUT2D eigenvalue weighted by atomic mass is 10.1. The van der Waals surface area contributed by atoms with E-state index in [0.29, 0.717) is 0 Å². The van der Waals surface area contributed by atoms with Gasteiger partial charge in [0.25, 0.3) is 0 Å². The van der Waals surface area contributed by atoms with Gasteiger partial charge in [0.15, 0.2) is 0 Å². The molecule has 0 unspecified atom stereocenters. The molecule has 1 saturated heterocycles. The summed E-state index contributed by atoms with van der Waals surface area (Å²) in [4.78, 5) is 18.2. The van der Waals surface area contributed by atoms with Gasteiger partial charge in [-0.25, -0.2) is 0 Å². The molecule has 0 N–H and O–H groups in total. The second-order valence-corrected chi connectivity index (χ2v) is 7.29. The Hall–Kier alpha value is -2.11. The largest absolute Gasteiger partial charge is 0.496 e. The van der Waals surface area contributed by atoms with E-state index in [1.807, 2.05) is 36.1 Å². The van der Waals surface area contributed by atoms with E-state index >= 15 is 0 Å². The lowest BCUT2D eigenvalue weighted by Crippen LogP contribution is -2.47. The molecule has 0 saturated carbocycles. The first-order chi connectivity index (χ1) is 12.2. The maximum Gasteiger partial charge on any atom is 0.246 e. The van der Waals surface area contributed by atoms with E-state index < -0.39 is 0 Å². The Morgan fingerprint density at radius 3 is 2.72 bits per heavy atom. The van der Waals surface area contributed by atoms with Gasteiger partial charge in [-0.1, -0.05) is 17.7 Å². The van der Waals surface area contributed by atoms with Crippen LogP contribution in [0.15, 0.2) is 41.8 Å². The summed E-state index contributed by atoms with van der Waals surface area (Å²) < 4.78 is 5.36. The molecular formula is C20H24N2O2S. The van der Waals surface area contributed by atoms with Gasteiger partial charge in [-0.3, -0.25) is 9.69 Å². The van der Waals surface area contributed by atoms with Gasteiger partial charge in [0.2, 0.25) is 5.91 Å². The molecule has 1 aliphatic heterocycles. The van der Waals surface area contributed by atoms with Crippen molar-refractivity contribution in [3.63, 3.8) is 0 Å². The minimum atomic E-state index is 0.0688. The molecule has 1 amide bonds. The third-order valence-corrected chi connectivity index (χ3v) is 5.30. The lowest BCUT2D eigenvalue weighted by Gasteiger charge is -2.34. The van der Waals surface area contributed by atoms with Gasteiger partial charge in [0, 0.05) is 49.2 Å². The second-order valence-electron chi connectivity index (χ2n) is 6.26. The molecule has 2 heterocycles. The van der Waals surface area contributed by atoms with Gasteiger partial charge < -0.3 is 9.64 Å². The van der Waals surface area contributed by atoms with Gasteiger partial charge in [0.1, 0.15) is 5.75 Å². The maximum atomic E-state index is 12.5. The van der Waals surface area contributed by atoms with Crippen molar-refractivity contribution in [3.8, 4) is 5.75 Å². The third-order valence-electron chi connectivity index (χ3n) is 4.43. The number of methoxy groups -OCH3 is 1. The zero-order valence-corrected chi connectivity index (χ0v) is 15.6. The number of ether oxygens (including phenoxy) is 1. The fourth-order valence-corrected chi connectivity index (χ4v) is 3.75. The molecule has 2 aromatic rings. The van der Waals surface area contributed by atoms with E-state index in [0.717, 1.165) is 49.6 Å². The van der Waals surface area contributed by atoms with Crippen molar-refractivity contribution in [2.45, 2.75) is 13.5 Å². The lowest BCUT2D eigenvalue weighted by molar-refractivity contribution is -0.127. The molecule has 0 radical (unpaired) electrons. The van der Waals surface area contributed by atoms with Crippen LogP contribution in [-0.4, -0.2) is 49.0 Å². The summed E-state index contributed by atoms with van der Waals surface area (Å²) in [6.07, 6.45) is 3.51. The summed E-state index contributed by atoms with van der Waals surface area (Å²) >= 11 is 1.79. The number of rotatable bonds is 5. The number of carbonyl (C=O) groups excluding carboxylic acids is 1. The fraction of sp³-hybridized carbons (Fsp3) is 0.350. The topological polar surface area (TPSA) is 32.8 Å². The molecule has 5 heteroatoms. The molecule has 25 heavy (non-hydrogen) atoms. The molecule has 0 atom stereocenters. The summed E-state index contributed by atoms with van der Waals surface area (Å²) in [5.74, 6) is 0.856. The normalized spacial score (nSPS) is 15.7. The van der Waals surface area contributed by atoms with E-state index in [9.17, 15) is 4.79 Å². The van der Waals surface area contributed by atoms with Crippen LogP contribution in [0.25, 0.3) is 6.08 Å².